The molecule has 6 nitrogen and oxygen atoms in total. The first-order valence-electron chi connectivity index (χ1n) is 6.45. The van der Waals surface area contributed by atoms with Gasteiger partial charge < -0.3 is 15.5 Å². The van der Waals surface area contributed by atoms with Gasteiger partial charge in [0, 0.05) is 6.54 Å². The predicted molar refractivity (Wildman–Crippen MR) is 68.8 cm³/mol. The Bertz CT molecular complexity index is 531. The molecule has 2 fully saturated rings. The molecule has 1 unspecified atom stereocenters. The molecule has 2 aliphatic rings. The number of nitrogen functional groups attached to an aromatic ring is 1. The van der Waals surface area contributed by atoms with Crippen LogP contribution in [0.3, 0.4) is 0 Å². The van der Waals surface area contributed by atoms with Crippen LogP contribution in [0.2, 0.25) is 0 Å². The van der Waals surface area contributed by atoms with Gasteiger partial charge in [0.1, 0.15) is 18.4 Å². The highest BCUT2D eigenvalue weighted by Crippen LogP contribution is 2.24. The third-order valence-corrected chi connectivity index (χ3v) is 3.68. The van der Waals surface area contributed by atoms with Gasteiger partial charge in [0.2, 0.25) is 11.8 Å². The fourth-order valence-corrected chi connectivity index (χ4v) is 2.78. The van der Waals surface area contributed by atoms with Gasteiger partial charge in [-0.3, -0.25) is 9.59 Å². The predicted octanol–water partition coefficient (Wildman–Crippen LogP) is -0.00300. The standard InChI is InChI=1S/C13H16N4O2/c14-11-5-1-3-9(15-11)7-16-8-12(18)17-6-2-4-10(17)13(16)19/h1,3,5,10H,2,4,6-8H2,(H2,14,15). The Morgan fingerprint density at radius 2 is 2.21 bits per heavy atom. The second-order valence-electron chi connectivity index (χ2n) is 4.99. The number of aromatic nitrogens is 1. The van der Waals surface area contributed by atoms with Gasteiger partial charge in [0.25, 0.3) is 0 Å². The van der Waals surface area contributed by atoms with E-state index in [0.717, 1.165) is 12.8 Å². The second-order valence-corrected chi connectivity index (χ2v) is 4.99. The topological polar surface area (TPSA) is 79.5 Å². The van der Waals surface area contributed by atoms with Crippen molar-refractivity contribution >= 4 is 17.6 Å². The SMILES string of the molecule is Nc1cccc(CN2CC(=O)N3CCCC3C2=O)n1. The second kappa shape index (κ2) is 4.53. The molecular weight excluding hydrogens is 244 g/mol. The average molecular weight is 260 g/mol. The maximum Gasteiger partial charge on any atom is 0.246 e. The summed E-state index contributed by atoms with van der Waals surface area (Å²) in [5.74, 6) is 0.489. The minimum Gasteiger partial charge on any atom is -0.384 e. The van der Waals surface area contributed by atoms with Crippen LogP contribution in [-0.4, -0.2) is 45.7 Å². The fraction of sp³-hybridized carbons (Fsp3) is 0.462. The Balaban J connectivity index is 1.78. The molecular formula is C13H16N4O2. The number of hydrogen-bond acceptors (Lipinski definition) is 4. The zero-order valence-electron chi connectivity index (χ0n) is 10.6. The molecule has 3 heterocycles. The maximum atomic E-state index is 12.3. The monoisotopic (exact) mass is 260 g/mol. The first-order chi connectivity index (χ1) is 9.15. The van der Waals surface area contributed by atoms with Crippen LogP contribution >= 0.6 is 0 Å². The molecule has 1 aromatic rings. The molecule has 3 rings (SSSR count). The third kappa shape index (κ3) is 2.14. The summed E-state index contributed by atoms with van der Waals surface area (Å²) < 4.78 is 0. The van der Waals surface area contributed by atoms with Gasteiger partial charge in [0.05, 0.1) is 12.2 Å². The van der Waals surface area contributed by atoms with E-state index in [2.05, 4.69) is 4.98 Å². The molecule has 100 valence electrons. The Kier molecular flexibility index (Phi) is 2.85. The number of carbonyl (C=O) groups excluding carboxylic acids is 2. The fourth-order valence-electron chi connectivity index (χ4n) is 2.78. The number of nitrogens with two attached hydrogens (primary N) is 1. The molecule has 0 spiro atoms. The van der Waals surface area contributed by atoms with E-state index in [1.165, 1.54) is 0 Å². The van der Waals surface area contributed by atoms with E-state index in [1.807, 2.05) is 6.07 Å². The molecule has 2 N–H and O–H groups in total. The first-order valence-corrected chi connectivity index (χ1v) is 6.45. The van der Waals surface area contributed by atoms with Gasteiger partial charge in [-0.25, -0.2) is 4.98 Å². The van der Waals surface area contributed by atoms with Crippen molar-refractivity contribution in [3.05, 3.63) is 23.9 Å². The van der Waals surface area contributed by atoms with Crippen LogP contribution in [0.5, 0.6) is 0 Å². The summed E-state index contributed by atoms with van der Waals surface area (Å²) in [6, 6.07) is 5.05. The van der Waals surface area contributed by atoms with Crippen LogP contribution in [0, 0.1) is 0 Å². The minimum absolute atomic E-state index is 0.0290. The van der Waals surface area contributed by atoms with Crippen molar-refractivity contribution in [2.75, 3.05) is 18.8 Å². The normalized spacial score (nSPS) is 22.8. The lowest BCUT2D eigenvalue weighted by Crippen LogP contribution is -2.56. The van der Waals surface area contributed by atoms with E-state index in [-0.39, 0.29) is 24.4 Å². The Labute approximate surface area is 111 Å². The largest absolute Gasteiger partial charge is 0.384 e. The zero-order chi connectivity index (χ0) is 13.4. The van der Waals surface area contributed by atoms with Crippen molar-refractivity contribution in [1.82, 2.24) is 14.8 Å². The van der Waals surface area contributed by atoms with Crippen molar-refractivity contribution in [3.8, 4) is 0 Å². The molecule has 0 aliphatic carbocycles. The van der Waals surface area contributed by atoms with Gasteiger partial charge >= 0.3 is 0 Å². The lowest BCUT2D eigenvalue weighted by Gasteiger charge is -2.36. The molecule has 1 atom stereocenters. The Hall–Kier alpha value is -2.11. The number of rotatable bonds is 2. The van der Waals surface area contributed by atoms with Gasteiger partial charge in [-0.05, 0) is 25.0 Å². The van der Waals surface area contributed by atoms with E-state index >= 15 is 0 Å². The van der Waals surface area contributed by atoms with E-state index in [4.69, 9.17) is 5.73 Å². The van der Waals surface area contributed by atoms with Crippen LogP contribution in [-0.2, 0) is 16.1 Å². The maximum absolute atomic E-state index is 12.3. The number of carbonyl (C=O) groups is 2. The van der Waals surface area contributed by atoms with E-state index in [0.29, 0.717) is 24.6 Å². The summed E-state index contributed by atoms with van der Waals surface area (Å²) in [6.07, 6.45) is 1.68. The summed E-state index contributed by atoms with van der Waals surface area (Å²) in [5.41, 5.74) is 6.34. The number of nitrogens with zero attached hydrogens (tertiary/aromatic N) is 3. The van der Waals surface area contributed by atoms with Crippen molar-refractivity contribution in [2.24, 2.45) is 0 Å². The molecule has 1 aromatic heterocycles. The number of hydrogen-bond donors (Lipinski definition) is 1. The molecule has 0 aromatic carbocycles. The summed E-state index contributed by atoms with van der Waals surface area (Å²) in [6.45, 7) is 1.20. The van der Waals surface area contributed by atoms with Crippen LogP contribution in [0.4, 0.5) is 5.82 Å². The van der Waals surface area contributed by atoms with Crippen LogP contribution in [0.15, 0.2) is 18.2 Å². The highest BCUT2D eigenvalue weighted by atomic mass is 16.2. The van der Waals surface area contributed by atoms with Gasteiger partial charge in [-0.1, -0.05) is 6.07 Å². The van der Waals surface area contributed by atoms with Gasteiger partial charge in [0.15, 0.2) is 0 Å². The summed E-state index contributed by atoms with van der Waals surface area (Å²) >= 11 is 0. The molecule has 2 saturated heterocycles. The number of piperazine rings is 1. The van der Waals surface area contributed by atoms with Crippen molar-refractivity contribution in [1.29, 1.82) is 0 Å². The number of fused-ring (bicyclic) bond motifs is 1. The zero-order valence-corrected chi connectivity index (χ0v) is 10.6. The number of anilines is 1. The van der Waals surface area contributed by atoms with Crippen LogP contribution < -0.4 is 5.73 Å². The highest BCUT2D eigenvalue weighted by molar-refractivity contribution is 5.95. The van der Waals surface area contributed by atoms with E-state index in [9.17, 15) is 9.59 Å². The van der Waals surface area contributed by atoms with Crippen LogP contribution in [0.1, 0.15) is 18.5 Å². The summed E-state index contributed by atoms with van der Waals surface area (Å²) in [7, 11) is 0. The van der Waals surface area contributed by atoms with E-state index in [1.54, 1.807) is 21.9 Å². The number of amides is 2. The number of pyridine rings is 1. The van der Waals surface area contributed by atoms with Crippen LogP contribution in [0.25, 0.3) is 0 Å². The van der Waals surface area contributed by atoms with E-state index < -0.39 is 0 Å². The molecule has 0 bridgehead atoms. The lowest BCUT2D eigenvalue weighted by atomic mass is 10.1. The van der Waals surface area contributed by atoms with Gasteiger partial charge in [-0.15, -0.1) is 0 Å². The summed E-state index contributed by atoms with van der Waals surface area (Å²) in [5, 5.41) is 0. The molecule has 0 radical (unpaired) electrons. The quantitative estimate of drug-likeness (QED) is 0.811. The molecule has 2 amide bonds. The first kappa shape index (κ1) is 12.0. The summed E-state index contributed by atoms with van der Waals surface area (Å²) in [4.78, 5) is 31.7. The van der Waals surface area contributed by atoms with Crippen molar-refractivity contribution in [2.45, 2.75) is 25.4 Å². The Morgan fingerprint density at radius 1 is 1.37 bits per heavy atom. The molecule has 0 saturated carbocycles. The molecule has 2 aliphatic heterocycles. The third-order valence-electron chi connectivity index (χ3n) is 3.68. The van der Waals surface area contributed by atoms with Crippen molar-refractivity contribution < 1.29 is 9.59 Å². The lowest BCUT2D eigenvalue weighted by molar-refractivity contribution is -0.154. The van der Waals surface area contributed by atoms with Gasteiger partial charge in [-0.2, -0.15) is 0 Å². The minimum atomic E-state index is -0.262. The Morgan fingerprint density at radius 3 is 3.00 bits per heavy atom. The smallest absolute Gasteiger partial charge is 0.246 e. The molecule has 19 heavy (non-hydrogen) atoms. The average Bonchev–Trinajstić information content (AvgIpc) is 2.85. The van der Waals surface area contributed by atoms with Crippen molar-refractivity contribution in [3.63, 3.8) is 0 Å². The highest BCUT2D eigenvalue weighted by Gasteiger charge is 2.41. The molecule has 6 heteroatoms.